The number of nitrogens with one attached hydrogen (secondary N) is 2. The molecule has 2 aromatic carbocycles. The number of amides is 2. The SMILES string of the molecule is COc1ccc(C(=O)CCC(=O)NNC(=O)CN(C)S(=O)(=O)c2ccc(C)cc2)cc1OC. The maximum Gasteiger partial charge on any atom is 0.253 e. The highest BCUT2D eigenvalue weighted by atomic mass is 32.2. The third-order valence-corrected chi connectivity index (χ3v) is 6.54. The van der Waals surface area contributed by atoms with Gasteiger partial charge in [0.1, 0.15) is 0 Å². The Labute approximate surface area is 192 Å². The van der Waals surface area contributed by atoms with Crippen LogP contribution in [0.15, 0.2) is 47.4 Å². The Kier molecular flexibility index (Phi) is 8.94. The number of hydrazine groups is 1. The van der Waals surface area contributed by atoms with Gasteiger partial charge in [-0.3, -0.25) is 25.2 Å². The van der Waals surface area contributed by atoms with E-state index in [4.69, 9.17) is 9.47 Å². The highest BCUT2D eigenvalue weighted by Crippen LogP contribution is 2.28. The molecule has 0 atom stereocenters. The van der Waals surface area contributed by atoms with Gasteiger partial charge in [0, 0.05) is 25.5 Å². The van der Waals surface area contributed by atoms with Gasteiger partial charge in [0.25, 0.3) is 5.91 Å². The van der Waals surface area contributed by atoms with E-state index in [2.05, 4.69) is 10.9 Å². The number of nitrogens with zero attached hydrogens (tertiary/aromatic N) is 1. The van der Waals surface area contributed by atoms with Crippen LogP contribution in [-0.4, -0.2) is 58.1 Å². The van der Waals surface area contributed by atoms with Crippen LogP contribution in [0.1, 0.15) is 28.8 Å². The van der Waals surface area contributed by atoms with Crippen molar-refractivity contribution in [2.24, 2.45) is 0 Å². The molecule has 0 radical (unpaired) electrons. The molecule has 0 heterocycles. The molecule has 0 spiro atoms. The van der Waals surface area contributed by atoms with Gasteiger partial charge in [0.05, 0.1) is 25.7 Å². The van der Waals surface area contributed by atoms with Crippen LogP contribution in [-0.2, 0) is 19.6 Å². The molecule has 0 aliphatic carbocycles. The van der Waals surface area contributed by atoms with Crippen molar-refractivity contribution < 1.29 is 32.3 Å². The van der Waals surface area contributed by atoms with E-state index in [9.17, 15) is 22.8 Å². The molecule has 0 bridgehead atoms. The summed E-state index contributed by atoms with van der Waals surface area (Å²) in [6.07, 6.45) is -0.274. The average Bonchev–Trinajstić information content (AvgIpc) is 2.80. The minimum absolute atomic E-state index is 0.0566. The van der Waals surface area contributed by atoms with Crippen LogP contribution in [0.25, 0.3) is 0 Å². The van der Waals surface area contributed by atoms with E-state index in [1.54, 1.807) is 24.3 Å². The fourth-order valence-corrected chi connectivity index (χ4v) is 3.93. The van der Waals surface area contributed by atoms with E-state index < -0.39 is 28.4 Å². The van der Waals surface area contributed by atoms with Crippen molar-refractivity contribution in [3.8, 4) is 11.5 Å². The number of likely N-dealkylation sites (N-methyl/N-ethyl adjacent to an activating group) is 1. The minimum atomic E-state index is -3.86. The molecular formula is C22H27N3O7S. The van der Waals surface area contributed by atoms with Crippen molar-refractivity contribution in [1.82, 2.24) is 15.2 Å². The summed E-state index contributed by atoms with van der Waals surface area (Å²) in [6, 6.07) is 10.9. The third kappa shape index (κ3) is 7.02. The maximum atomic E-state index is 12.5. The number of benzene rings is 2. The summed E-state index contributed by atoms with van der Waals surface area (Å²) in [4.78, 5) is 36.4. The molecule has 0 saturated heterocycles. The summed E-state index contributed by atoms with van der Waals surface area (Å²) in [5.41, 5.74) is 5.59. The Balaban J connectivity index is 1.82. The summed E-state index contributed by atoms with van der Waals surface area (Å²) in [5.74, 6) is -0.746. The Hall–Kier alpha value is -3.44. The molecule has 0 aliphatic heterocycles. The summed E-state index contributed by atoms with van der Waals surface area (Å²) >= 11 is 0. The van der Waals surface area contributed by atoms with E-state index in [1.165, 1.54) is 39.5 Å². The van der Waals surface area contributed by atoms with Gasteiger partial charge >= 0.3 is 0 Å². The number of ketones is 1. The fraction of sp³-hybridized carbons (Fsp3) is 0.318. The third-order valence-electron chi connectivity index (χ3n) is 4.72. The van der Waals surface area contributed by atoms with E-state index in [0.717, 1.165) is 9.87 Å². The Morgan fingerprint density at radius 3 is 2.09 bits per heavy atom. The van der Waals surface area contributed by atoms with Crippen molar-refractivity contribution in [2.75, 3.05) is 27.8 Å². The monoisotopic (exact) mass is 477 g/mol. The highest BCUT2D eigenvalue weighted by molar-refractivity contribution is 7.89. The number of aryl methyl sites for hydroxylation is 1. The first-order chi connectivity index (χ1) is 15.6. The highest BCUT2D eigenvalue weighted by Gasteiger charge is 2.23. The molecule has 178 valence electrons. The van der Waals surface area contributed by atoms with Crippen molar-refractivity contribution >= 4 is 27.6 Å². The largest absolute Gasteiger partial charge is 0.493 e. The van der Waals surface area contributed by atoms with Crippen LogP contribution in [0.4, 0.5) is 0 Å². The molecule has 2 aromatic rings. The number of carbonyl (C=O) groups is 3. The topological polar surface area (TPSA) is 131 Å². The lowest BCUT2D eigenvalue weighted by molar-refractivity contribution is -0.128. The van der Waals surface area contributed by atoms with E-state index in [0.29, 0.717) is 17.1 Å². The zero-order chi connectivity index (χ0) is 24.6. The minimum Gasteiger partial charge on any atom is -0.493 e. The van der Waals surface area contributed by atoms with Crippen molar-refractivity contribution in [3.05, 3.63) is 53.6 Å². The molecule has 0 unspecified atom stereocenters. The molecule has 0 aromatic heterocycles. The average molecular weight is 478 g/mol. The molecule has 10 nitrogen and oxygen atoms in total. The number of Topliss-reactive ketones (excluding diaryl/α,β-unsaturated/α-hetero) is 1. The Bertz CT molecular complexity index is 1120. The second-order valence-electron chi connectivity index (χ2n) is 7.16. The number of carbonyl (C=O) groups excluding carboxylic acids is 3. The van der Waals surface area contributed by atoms with Gasteiger partial charge in [-0.1, -0.05) is 17.7 Å². The number of hydrogen-bond acceptors (Lipinski definition) is 7. The normalized spacial score (nSPS) is 11.1. The van der Waals surface area contributed by atoms with Gasteiger partial charge in [0.2, 0.25) is 15.9 Å². The second kappa shape index (κ2) is 11.4. The first-order valence-corrected chi connectivity index (χ1v) is 11.4. The lowest BCUT2D eigenvalue weighted by atomic mass is 10.1. The quantitative estimate of drug-likeness (QED) is 0.391. The van der Waals surface area contributed by atoms with Gasteiger partial charge in [-0.25, -0.2) is 8.42 Å². The molecule has 0 aliphatic rings. The number of methoxy groups -OCH3 is 2. The lowest BCUT2D eigenvalue weighted by Gasteiger charge is -2.17. The standard InChI is InChI=1S/C22H27N3O7S/c1-15-5-8-17(9-6-15)33(29,30)25(2)14-22(28)24-23-21(27)12-10-18(26)16-7-11-19(31-3)20(13-16)32-4/h5-9,11,13H,10,12,14H2,1-4H3,(H,23,27)(H,24,28). The van der Waals surface area contributed by atoms with Gasteiger partial charge in [-0.2, -0.15) is 4.31 Å². The molecule has 0 saturated carbocycles. The fourth-order valence-electron chi connectivity index (χ4n) is 2.80. The van der Waals surface area contributed by atoms with E-state index in [-0.39, 0.29) is 23.5 Å². The Morgan fingerprint density at radius 1 is 0.879 bits per heavy atom. The van der Waals surface area contributed by atoms with Gasteiger partial charge in [0.15, 0.2) is 17.3 Å². The number of sulfonamides is 1. The predicted molar refractivity (Wildman–Crippen MR) is 120 cm³/mol. The molecule has 2 N–H and O–H groups in total. The van der Waals surface area contributed by atoms with Crippen LogP contribution in [0.3, 0.4) is 0 Å². The number of rotatable bonds is 10. The summed E-state index contributed by atoms with van der Waals surface area (Å²) in [6.45, 7) is 1.33. The molecule has 0 fully saturated rings. The first kappa shape index (κ1) is 25.8. The van der Waals surface area contributed by atoms with Crippen LogP contribution >= 0.6 is 0 Å². The second-order valence-corrected chi connectivity index (χ2v) is 9.21. The van der Waals surface area contributed by atoms with Crippen LogP contribution in [0.2, 0.25) is 0 Å². The van der Waals surface area contributed by atoms with Crippen LogP contribution in [0.5, 0.6) is 11.5 Å². The molecular weight excluding hydrogens is 450 g/mol. The van der Waals surface area contributed by atoms with E-state index >= 15 is 0 Å². The van der Waals surface area contributed by atoms with Gasteiger partial charge in [-0.05, 0) is 37.3 Å². The Morgan fingerprint density at radius 2 is 1.48 bits per heavy atom. The van der Waals surface area contributed by atoms with Gasteiger partial charge < -0.3 is 9.47 Å². The van der Waals surface area contributed by atoms with Crippen molar-refractivity contribution in [2.45, 2.75) is 24.7 Å². The summed E-state index contributed by atoms with van der Waals surface area (Å²) in [7, 11) is 0.336. The smallest absolute Gasteiger partial charge is 0.253 e. The first-order valence-electron chi connectivity index (χ1n) is 9.94. The van der Waals surface area contributed by atoms with Crippen molar-refractivity contribution in [3.63, 3.8) is 0 Å². The van der Waals surface area contributed by atoms with E-state index in [1.807, 2.05) is 6.92 Å². The van der Waals surface area contributed by atoms with Crippen molar-refractivity contribution in [1.29, 1.82) is 0 Å². The number of ether oxygens (including phenoxy) is 2. The molecule has 2 rings (SSSR count). The molecule has 11 heteroatoms. The molecule has 2 amide bonds. The summed E-state index contributed by atoms with van der Waals surface area (Å²) in [5, 5.41) is 0. The van der Waals surface area contributed by atoms with Gasteiger partial charge in [-0.15, -0.1) is 0 Å². The molecule has 33 heavy (non-hydrogen) atoms. The zero-order valence-corrected chi connectivity index (χ0v) is 19.7. The lowest BCUT2D eigenvalue weighted by Crippen LogP contribution is -2.46. The zero-order valence-electron chi connectivity index (χ0n) is 18.9. The van der Waals surface area contributed by atoms with Crippen LogP contribution < -0.4 is 20.3 Å². The predicted octanol–water partition coefficient (Wildman–Crippen LogP) is 1.44. The maximum absolute atomic E-state index is 12.5. The summed E-state index contributed by atoms with van der Waals surface area (Å²) < 4.78 is 36.2. The van der Waals surface area contributed by atoms with Crippen LogP contribution in [0, 0.1) is 6.92 Å². The number of hydrogen-bond donors (Lipinski definition) is 2.